The van der Waals surface area contributed by atoms with E-state index in [2.05, 4.69) is 4.98 Å². The van der Waals surface area contributed by atoms with E-state index in [0.29, 0.717) is 35.5 Å². The Labute approximate surface area is 116 Å². The molecule has 0 unspecified atom stereocenters. The van der Waals surface area contributed by atoms with Crippen LogP contribution < -0.4 is 4.74 Å². The van der Waals surface area contributed by atoms with E-state index in [0.717, 1.165) is 0 Å². The smallest absolute Gasteiger partial charge is 0.267 e. The van der Waals surface area contributed by atoms with E-state index >= 15 is 0 Å². The van der Waals surface area contributed by atoms with Crippen LogP contribution in [-0.2, 0) is 0 Å². The second kappa shape index (κ2) is 5.44. The van der Waals surface area contributed by atoms with Crippen LogP contribution in [0, 0.1) is 4.84 Å². The van der Waals surface area contributed by atoms with Crippen LogP contribution in [0.4, 0.5) is 0 Å². The van der Waals surface area contributed by atoms with Gasteiger partial charge in [-0.25, -0.2) is 0 Å². The summed E-state index contributed by atoms with van der Waals surface area (Å²) in [5.41, 5.74) is 1.75. The molecular formula is C13H16N2O3S. The number of amides is 1. The van der Waals surface area contributed by atoms with Crippen LogP contribution in [0.3, 0.4) is 0 Å². The summed E-state index contributed by atoms with van der Waals surface area (Å²) in [6.07, 6.45) is 0. The second-order valence-electron chi connectivity index (χ2n) is 4.05. The molecule has 0 spiro atoms. The Bertz CT molecular complexity index is 655. The summed E-state index contributed by atoms with van der Waals surface area (Å²) in [4.78, 5) is 17.2. The van der Waals surface area contributed by atoms with Crippen molar-refractivity contribution in [3.8, 4) is 5.75 Å². The molecule has 102 valence electrons. The number of rotatable bonds is 4. The lowest BCUT2D eigenvalue weighted by Gasteiger charge is -2.18. The molecule has 0 aliphatic heterocycles. The summed E-state index contributed by atoms with van der Waals surface area (Å²) in [5.74, 6) is 0.464. The molecule has 0 bridgehead atoms. The molecule has 0 radical (unpaired) electrons. The number of hydrogen-bond acceptors (Lipinski definition) is 4. The molecule has 0 atom stereocenters. The lowest BCUT2D eigenvalue weighted by molar-refractivity contribution is 0.0773. The number of H-pyrrole nitrogens is 1. The van der Waals surface area contributed by atoms with Crippen LogP contribution in [0.25, 0.3) is 11.1 Å². The van der Waals surface area contributed by atoms with Gasteiger partial charge in [0.15, 0.2) is 11.3 Å². The van der Waals surface area contributed by atoms with E-state index in [1.807, 2.05) is 13.8 Å². The van der Waals surface area contributed by atoms with Gasteiger partial charge in [0.1, 0.15) is 0 Å². The molecule has 2 rings (SSSR count). The molecule has 19 heavy (non-hydrogen) atoms. The normalized spacial score (nSPS) is 10.7. The molecule has 1 amide bonds. The van der Waals surface area contributed by atoms with Gasteiger partial charge in [-0.3, -0.25) is 4.79 Å². The number of carbonyl (C=O) groups is 1. The minimum atomic E-state index is -0.0364. The van der Waals surface area contributed by atoms with Gasteiger partial charge in [-0.05, 0) is 38.2 Å². The Kier molecular flexibility index (Phi) is 3.90. The summed E-state index contributed by atoms with van der Waals surface area (Å²) in [6, 6.07) is 3.41. The lowest BCUT2D eigenvalue weighted by atomic mass is 10.1. The number of nitrogens with zero attached hydrogens (tertiary/aromatic N) is 1. The first-order chi connectivity index (χ1) is 9.10. The molecule has 0 aliphatic rings. The first kappa shape index (κ1) is 13.6. The molecule has 0 saturated carbocycles. The van der Waals surface area contributed by atoms with Gasteiger partial charge < -0.3 is 19.0 Å². The average Bonchev–Trinajstić information content (AvgIpc) is 2.78. The molecule has 5 nitrogen and oxygen atoms in total. The Morgan fingerprint density at radius 2 is 2.11 bits per heavy atom. The number of aromatic amines is 1. The van der Waals surface area contributed by atoms with Gasteiger partial charge in [0.25, 0.3) is 10.7 Å². The van der Waals surface area contributed by atoms with Crippen molar-refractivity contribution in [3.63, 3.8) is 0 Å². The monoisotopic (exact) mass is 280 g/mol. The Hall–Kier alpha value is -1.82. The third-order valence-corrected chi connectivity index (χ3v) is 3.19. The highest BCUT2D eigenvalue weighted by atomic mass is 32.1. The highest BCUT2D eigenvalue weighted by Gasteiger charge is 2.17. The maximum Gasteiger partial charge on any atom is 0.267 e. The van der Waals surface area contributed by atoms with Gasteiger partial charge in [-0.15, -0.1) is 0 Å². The summed E-state index contributed by atoms with van der Waals surface area (Å²) in [7, 11) is 1.53. The number of methoxy groups -OCH3 is 1. The van der Waals surface area contributed by atoms with Crippen molar-refractivity contribution in [3.05, 3.63) is 22.5 Å². The number of aromatic nitrogens is 1. The third kappa shape index (κ3) is 2.49. The molecule has 1 aromatic heterocycles. The zero-order chi connectivity index (χ0) is 14.0. The number of carbonyl (C=O) groups excluding carboxylic acids is 1. The van der Waals surface area contributed by atoms with E-state index in [9.17, 15) is 4.79 Å². The number of nitrogens with one attached hydrogen (secondary N) is 1. The van der Waals surface area contributed by atoms with Gasteiger partial charge in [0.2, 0.25) is 0 Å². The second-order valence-corrected chi connectivity index (χ2v) is 4.42. The predicted octanol–water partition coefficient (Wildman–Crippen LogP) is 2.98. The van der Waals surface area contributed by atoms with E-state index in [4.69, 9.17) is 21.4 Å². The number of ether oxygens (including phenoxy) is 1. The molecule has 0 aliphatic carbocycles. The van der Waals surface area contributed by atoms with Crippen LogP contribution in [0.5, 0.6) is 5.75 Å². The summed E-state index contributed by atoms with van der Waals surface area (Å²) >= 11 is 4.95. The molecule has 0 fully saturated rings. The largest absolute Gasteiger partial charge is 0.493 e. The molecule has 0 saturated heterocycles. The van der Waals surface area contributed by atoms with E-state index in [1.54, 1.807) is 17.0 Å². The molecule has 1 heterocycles. The Morgan fingerprint density at radius 1 is 1.42 bits per heavy atom. The van der Waals surface area contributed by atoms with Crippen molar-refractivity contribution in [2.75, 3.05) is 20.2 Å². The zero-order valence-electron chi connectivity index (χ0n) is 11.1. The van der Waals surface area contributed by atoms with E-state index in [1.165, 1.54) is 7.11 Å². The van der Waals surface area contributed by atoms with Crippen molar-refractivity contribution >= 4 is 29.2 Å². The fourth-order valence-electron chi connectivity index (χ4n) is 2.00. The van der Waals surface area contributed by atoms with Crippen LogP contribution in [0.2, 0.25) is 0 Å². The van der Waals surface area contributed by atoms with Crippen LogP contribution in [-0.4, -0.2) is 36.0 Å². The minimum Gasteiger partial charge on any atom is -0.493 e. The van der Waals surface area contributed by atoms with Crippen molar-refractivity contribution < 1.29 is 13.9 Å². The van der Waals surface area contributed by atoms with Crippen molar-refractivity contribution in [1.29, 1.82) is 0 Å². The fourth-order valence-corrected chi connectivity index (χ4v) is 2.19. The molecule has 6 heteroatoms. The van der Waals surface area contributed by atoms with Crippen LogP contribution in [0.15, 0.2) is 16.5 Å². The predicted molar refractivity (Wildman–Crippen MR) is 75.2 cm³/mol. The maximum atomic E-state index is 12.3. The molecule has 2 aromatic rings. The zero-order valence-corrected chi connectivity index (χ0v) is 12.0. The molecule has 1 N–H and O–H groups in total. The van der Waals surface area contributed by atoms with E-state index in [-0.39, 0.29) is 10.7 Å². The lowest BCUT2D eigenvalue weighted by Crippen LogP contribution is -2.30. The van der Waals surface area contributed by atoms with Gasteiger partial charge >= 0.3 is 0 Å². The summed E-state index contributed by atoms with van der Waals surface area (Å²) < 4.78 is 10.6. The number of hydrogen-bond donors (Lipinski definition) is 1. The third-order valence-electron chi connectivity index (χ3n) is 3.00. The van der Waals surface area contributed by atoms with Crippen LogP contribution >= 0.6 is 12.2 Å². The summed E-state index contributed by atoms with van der Waals surface area (Å²) in [6.45, 7) is 5.22. The van der Waals surface area contributed by atoms with Crippen molar-refractivity contribution in [1.82, 2.24) is 9.88 Å². The summed E-state index contributed by atoms with van der Waals surface area (Å²) in [5, 5.41) is 0. The topological polar surface area (TPSA) is 58.5 Å². The van der Waals surface area contributed by atoms with Gasteiger partial charge in [0, 0.05) is 18.7 Å². The first-order valence-corrected chi connectivity index (χ1v) is 6.51. The Morgan fingerprint density at radius 3 is 2.68 bits per heavy atom. The number of benzene rings is 1. The fraction of sp³-hybridized carbons (Fsp3) is 0.385. The van der Waals surface area contributed by atoms with Gasteiger partial charge in [-0.2, -0.15) is 0 Å². The highest BCUT2D eigenvalue weighted by molar-refractivity contribution is 7.71. The standard InChI is InChI=1S/C13H16N2O3S/c1-4-15(5-2)12(16)8-6-9-11(10(7-8)17-3)18-13(19)14-9/h6-7H,4-5H2,1-3H3,(H,14,19). The molecule has 1 aromatic carbocycles. The number of oxazole rings is 1. The van der Waals surface area contributed by atoms with Gasteiger partial charge in [0.05, 0.1) is 12.6 Å². The highest BCUT2D eigenvalue weighted by Crippen LogP contribution is 2.27. The number of fused-ring (bicyclic) bond motifs is 1. The SMILES string of the molecule is CCN(CC)C(=O)c1cc(OC)c2oc(=S)[nH]c2c1. The average molecular weight is 280 g/mol. The van der Waals surface area contributed by atoms with Gasteiger partial charge in [-0.1, -0.05) is 0 Å². The van der Waals surface area contributed by atoms with Crippen molar-refractivity contribution in [2.45, 2.75) is 13.8 Å². The van der Waals surface area contributed by atoms with Crippen LogP contribution in [0.1, 0.15) is 24.2 Å². The first-order valence-electron chi connectivity index (χ1n) is 6.10. The van der Waals surface area contributed by atoms with E-state index < -0.39 is 0 Å². The maximum absolute atomic E-state index is 12.3. The quantitative estimate of drug-likeness (QED) is 0.875. The Balaban J connectivity index is 2.55. The minimum absolute atomic E-state index is 0.0364. The molecular weight excluding hydrogens is 264 g/mol. The van der Waals surface area contributed by atoms with Crippen molar-refractivity contribution in [2.24, 2.45) is 0 Å².